The van der Waals surface area contributed by atoms with Crippen molar-refractivity contribution < 1.29 is 9.90 Å². The van der Waals surface area contributed by atoms with E-state index in [2.05, 4.69) is 24.2 Å². The van der Waals surface area contributed by atoms with E-state index in [1.54, 1.807) is 0 Å². The molecule has 3 unspecified atom stereocenters. The normalized spacial score (nSPS) is 34.4. The van der Waals surface area contributed by atoms with Gasteiger partial charge in [-0.1, -0.05) is 6.92 Å². The van der Waals surface area contributed by atoms with Crippen molar-refractivity contribution in [2.75, 3.05) is 20.6 Å². The molecule has 4 nitrogen and oxygen atoms in total. The summed E-state index contributed by atoms with van der Waals surface area (Å²) in [6, 6.07) is 0.422. The zero-order chi connectivity index (χ0) is 10.7. The van der Waals surface area contributed by atoms with E-state index in [1.807, 2.05) is 7.05 Å². The average Bonchev–Trinajstić information content (AvgIpc) is 2.16. The van der Waals surface area contributed by atoms with E-state index in [1.165, 1.54) is 0 Å². The quantitative estimate of drug-likeness (QED) is 0.692. The van der Waals surface area contributed by atoms with Crippen molar-refractivity contribution in [1.82, 2.24) is 10.2 Å². The minimum absolute atomic E-state index is 0.0799. The predicted octanol–water partition coefficient (Wildman–Crippen LogP) is 0.389. The molecule has 1 heterocycles. The highest BCUT2D eigenvalue weighted by Crippen LogP contribution is 2.24. The van der Waals surface area contributed by atoms with Gasteiger partial charge in [0.05, 0.1) is 5.92 Å². The number of hydrogen-bond donors (Lipinski definition) is 2. The second-order valence-electron chi connectivity index (χ2n) is 4.00. The molecule has 1 aliphatic heterocycles. The van der Waals surface area contributed by atoms with Crippen LogP contribution in [0.1, 0.15) is 19.8 Å². The molecule has 0 aromatic heterocycles. The second kappa shape index (κ2) is 4.75. The Hall–Kier alpha value is -0.610. The van der Waals surface area contributed by atoms with Crippen LogP contribution in [0.4, 0.5) is 0 Å². The number of likely N-dealkylation sites (tertiary alicyclic amines) is 1. The van der Waals surface area contributed by atoms with E-state index < -0.39 is 5.97 Å². The number of likely N-dealkylation sites (N-methyl/N-ethyl adjacent to an activating group) is 2. The summed E-state index contributed by atoms with van der Waals surface area (Å²) in [6.45, 7) is 2.99. The van der Waals surface area contributed by atoms with Crippen LogP contribution in [0.25, 0.3) is 0 Å². The first-order chi connectivity index (χ1) is 6.61. The molecular formula is C10H20N2O2. The molecule has 14 heavy (non-hydrogen) atoms. The Morgan fingerprint density at radius 3 is 2.71 bits per heavy atom. The van der Waals surface area contributed by atoms with Crippen LogP contribution in [0.15, 0.2) is 0 Å². The molecule has 0 spiro atoms. The first-order valence-corrected chi connectivity index (χ1v) is 5.22. The van der Waals surface area contributed by atoms with Crippen LogP contribution in [0, 0.1) is 5.92 Å². The van der Waals surface area contributed by atoms with Crippen molar-refractivity contribution >= 4 is 5.97 Å². The maximum Gasteiger partial charge on any atom is 0.308 e. The Balaban J connectivity index is 2.77. The predicted molar refractivity (Wildman–Crippen MR) is 55.3 cm³/mol. The highest BCUT2D eigenvalue weighted by Gasteiger charge is 2.38. The minimum Gasteiger partial charge on any atom is -0.481 e. The molecule has 1 rings (SSSR count). The molecular weight excluding hydrogens is 180 g/mol. The fraction of sp³-hybridized carbons (Fsp3) is 0.900. The van der Waals surface area contributed by atoms with Crippen LogP contribution in [-0.4, -0.2) is 48.7 Å². The summed E-state index contributed by atoms with van der Waals surface area (Å²) in [5, 5.41) is 12.2. The molecule has 1 fully saturated rings. The topological polar surface area (TPSA) is 52.6 Å². The van der Waals surface area contributed by atoms with E-state index >= 15 is 0 Å². The molecule has 0 aromatic carbocycles. The molecule has 1 aliphatic rings. The molecule has 0 aromatic rings. The zero-order valence-electron chi connectivity index (χ0n) is 9.16. The van der Waals surface area contributed by atoms with Gasteiger partial charge in [0, 0.05) is 12.1 Å². The molecule has 0 bridgehead atoms. The van der Waals surface area contributed by atoms with Gasteiger partial charge < -0.3 is 15.3 Å². The molecule has 4 heteroatoms. The minimum atomic E-state index is -0.670. The number of carboxylic acid groups (broad SMARTS) is 1. The lowest BCUT2D eigenvalue weighted by Crippen LogP contribution is -2.57. The summed E-state index contributed by atoms with van der Waals surface area (Å²) in [5.74, 6) is -0.906. The van der Waals surface area contributed by atoms with Crippen molar-refractivity contribution in [1.29, 1.82) is 0 Å². The maximum atomic E-state index is 11.0. The fourth-order valence-corrected chi connectivity index (χ4v) is 2.47. The number of aliphatic carboxylic acids is 1. The monoisotopic (exact) mass is 200 g/mol. The molecule has 0 radical (unpaired) electrons. The Labute approximate surface area is 85.3 Å². The first-order valence-electron chi connectivity index (χ1n) is 5.22. The summed E-state index contributed by atoms with van der Waals surface area (Å²) in [5.41, 5.74) is 0. The zero-order valence-corrected chi connectivity index (χ0v) is 9.16. The largest absolute Gasteiger partial charge is 0.481 e. The van der Waals surface area contributed by atoms with Crippen molar-refractivity contribution in [3.05, 3.63) is 0 Å². The van der Waals surface area contributed by atoms with Crippen LogP contribution in [0.5, 0.6) is 0 Å². The van der Waals surface area contributed by atoms with Gasteiger partial charge in [-0.15, -0.1) is 0 Å². The van der Waals surface area contributed by atoms with Crippen LogP contribution in [0.3, 0.4) is 0 Å². The molecule has 82 valence electrons. The van der Waals surface area contributed by atoms with Crippen LogP contribution in [-0.2, 0) is 4.79 Å². The van der Waals surface area contributed by atoms with Crippen LogP contribution in [0.2, 0.25) is 0 Å². The highest BCUT2D eigenvalue weighted by molar-refractivity contribution is 5.71. The lowest BCUT2D eigenvalue weighted by molar-refractivity contribution is -0.145. The number of carboxylic acids is 1. The van der Waals surface area contributed by atoms with Gasteiger partial charge in [-0.2, -0.15) is 0 Å². The summed E-state index contributed by atoms with van der Waals surface area (Å²) in [6.07, 6.45) is 1.74. The van der Waals surface area contributed by atoms with E-state index in [0.717, 1.165) is 19.4 Å². The third kappa shape index (κ3) is 2.07. The number of rotatable bonds is 3. The maximum absolute atomic E-state index is 11.0. The van der Waals surface area contributed by atoms with Crippen LogP contribution >= 0.6 is 0 Å². The van der Waals surface area contributed by atoms with Gasteiger partial charge in [0.1, 0.15) is 0 Å². The summed E-state index contributed by atoms with van der Waals surface area (Å²) in [4.78, 5) is 13.3. The van der Waals surface area contributed by atoms with Gasteiger partial charge in [-0.05, 0) is 33.5 Å². The van der Waals surface area contributed by atoms with E-state index in [4.69, 9.17) is 5.11 Å². The van der Waals surface area contributed by atoms with Gasteiger partial charge in [0.15, 0.2) is 0 Å². The molecule has 3 atom stereocenters. The smallest absolute Gasteiger partial charge is 0.308 e. The Morgan fingerprint density at radius 1 is 1.64 bits per heavy atom. The van der Waals surface area contributed by atoms with Gasteiger partial charge in [0.2, 0.25) is 0 Å². The molecule has 0 saturated carbocycles. The lowest BCUT2D eigenvalue weighted by Gasteiger charge is -2.42. The van der Waals surface area contributed by atoms with Crippen molar-refractivity contribution in [3.8, 4) is 0 Å². The molecule has 0 amide bonds. The highest BCUT2D eigenvalue weighted by atomic mass is 16.4. The molecule has 1 saturated heterocycles. The number of hydrogen-bond acceptors (Lipinski definition) is 3. The Bertz CT molecular complexity index is 208. The third-order valence-corrected chi connectivity index (χ3v) is 3.28. The molecule has 2 N–H and O–H groups in total. The van der Waals surface area contributed by atoms with Crippen molar-refractivity contribution in [3.63, 3.8) is 0 Å². The van der Waals surface area contributed by atoms with E-state index in [0.29, 0.717) is 6.04 Å². The van der Waals surface area contributed by atoms with Gasteiger partial charge >= 0.3 is 5.97 Å². The van der Waals surface area contributed by atoms with E-state index in [-0.39, 0.29) is 12.0 Å². The second-order valence-corrected chi connectivity index (χ2v) is 4.00. The van der Waals surface area contributed by atoms with Crippen LogP contribution < -0.4 is 5.32 Å². The van der Waals surface area contributed by atoms with Crippen molar-refractivity contribution in [2.24, 2.45) is 5.92 Å². The third-order valence-electron chi connectivity index (χ3n) is 3.28. The first kappa shape index (κ1) is 11.5. The Morgan fingerprint density at radius 2 is 2.29 bits per heavy atom. The summed E-state index contributed by atoms with van der Waals surface area (Å²) in [7, 11) is 3.92. The van der Waals surface area contributed by atoms with Gasteiger partial charge in [0.25, 0.3) is 0 Å². The lowest BCUT2D eigenvalue weighted by atomic mass is 9.84. The van der Waals surface area contributed by atoms with Crippen molar-refractivity contribution in [2.45, 2.75) is 31.8 Å². The number of nitrogens with zero attached hydrogens (tertiary/aromatic N) is 1. The summed E-state index contributed by atoms with van der Waals surface area (Å²) < 4.78 is 0. The number of nitrogens with one attached hydrogen (secondary N) is 1. The Kier molecular flexibility index (Phi) is 3.89. The number of piperidine rings is 1. The molecule has 0 aliphatic carbocycles. The van der Waals surface area contributed by atoms with Gasteiger partial charge in [-0.3, -0.25) is 4.79 Å². The van der Waals surface area contributed by atoms with Gasteiger partial charge in [-0.25, -0.2) is 0 Å². The summed E-state index contributed by atoms with van der Waals surface area (Å²) >= 11 is 0. The number of carbonyl (C=O) groups is 1. The standard InChI is InChI=1S/C10H20N2O2/c1-4-8-9(11-2)7(10(13)14)5-6-12(8)3/h7-9,11H,4-6H2,1-3H3,(H,13,14). The average molecular weight is 200 g/mol. The fourth-order valence-electron chi connectivity index (χ4n) is 2.47. The van der Waals surface area contributed by atoms with E-state index in [9.17, 15) is 4.79 Å². The SMILES string of the molecule is CCC1C(NC)C(C(=O)O)CCN1C.